The lowest BCUT2D eigenvalue weighted by molar-refractivity contribution is -0.109. The lowest BCUT2D eigenvalue weighted by Crippen LogP contribution is -2.41. The minimum atomic E-state index is -0.244. The molecule has 0 bridgehead atoms. The van der Waals surface area contributed by atoms with Crippen molar-refractivity contribution >= 4 is 12.3 Å². The summed E-state index contributed by atoms with van der Waals surface area (Å²) in [6, 6.07) is 14.7. The summed E-state index contributed by atoms with van der Waals surface area (Å²) in [7, 11) is 0. The topological polar surface area (TPSA) is 61.4 Å². The molecule has 0 spiro atoms. The maximum absolute atomic E-state index is 13.3. The molecule has 33 heavy (non-hydrogen) atoms. The number of nitrogens with zero attached hydrogens (tertiary/aromatic N) is 1. The summed E-state index contributed by atoms with van der Waals surface area (Å²) in [5.41, 5.74) is 3.14. The second-order valence-electron chi connectivity index (χ2n) is 9.37. The molecule has 6 heteroatoms. The summed E-state index contributed by atoms with van der Waals surface area (Å²) in [5, 5.41) is 5.86. The van der Waals surface area contributed by atoms with Gasteiger partial charge >= 0.3 is 0 Å². The third kappa shape index (κ3) is 6.20. The fraction of sp³-hybridized carbons (Fsp3) is 0.481. The summed E-state index contributed by atoms with van der Waals surface area (Å²) in [5.74, 6) is 1.04. The van der Waals surface area contributed by atoms with E-state index in [9.17, 15) is 14.0 Å². The molecule has 2 amide bonds. The van der Waals surface area contributed by atoms with Gasteiger partial charge in [-0.2, -0.15) is 0 Å². The van der Waals surface area contributed by atoms with E-state index in [0.717, 1.165) is 50.0 Å². The van der Waals surface area contributed by atoms with Gasteiger partial charge in [-0.25, -0.2) is 4.39 Å². The minimum Gasteiger partial charge on any atom is -0.358 e. The van der Waals surface area contributed by atoms with Crippen LogP contribution < -0.4 is 10.6 Å². The monoisotopic (exact) mass is 451 g/mol. The van der Waals surface area contributed by atoms with Gasteiger partial charge in [0.25, 0.3) is 5.91 Å². The van der Waals surface area contributed by atoms with Crippen molar-refractivity contribution < 1.29 is 14.0 Å². The zero-order valence-corrected chi connectivity index (χ0v) is 19.1. The van der Waals surface area contributed by atoms with E-state index in [1.54, 1.807) is 0 Å². The Morgan fingerprint density at radius 3 is 2.33 bits per heavy atom. The molecule has 1 aliphatic heterocycles. The van der Waals surface area contributed by atoms with Crippen molar-refractivity contribution in [2.24, 2.45) is 5.92 Å². The molecule has 1 aliphatic carbocycles. The molecule has 0 aromatic heterocycles. The molecule has 0 radical (unpaired) electrons. The maximum Gasteiger partial charge on any atom is 0.251 e. The minimum absolute atomic E-state index is 0.0126. The highest BCUT2D eigenvalue weighted by Gasteiger charge is 2.27. The number of carbonyl (C=O) groups excluding carboxylic acids is 2. The third-order valence-electron chi connectivity index (χ3n) is 7.38. The Balaban J connectivity index is 1.21. The number of hydrogen-bond donors (Lipinski definition) is 2. The molecule has 0 unspecified atom stereocenters. The van der Waals surface area contributed by atoms with Gasteiger partial charge < -0.3 is 15.5 Å². The number of amides is 2. The SMILES string of the molecule is O=CNC[C@@H](c1ccc(F)cc1)C1CCN(CCNC(=O)c2ccc(C3CCC3)cc2)CC1. The largest absolute Gasteiger partial charge is 0.358 e. The number of rotatable bonds is 10. The van der Waals surface area contributed by atoms with Crippen molar-refractivity contribution in [3.63, 3.8) is 0 Å². The first-order chi connectivity index (χ1) is 16.1. The van der Waals surface area contributed by atoms with Crippen LogP contribution in [0.5, 0.6) is 0 Å². The highest BCUT2D eigenvalue weighted by atomic mass is 19.1. The Bertz CT molecular complexity index is 904. The number of benzene rings is 2. The second-order valence-corrected chi connectivity index (χ2v) is 9.37. The van der Waals surface area contributed by atoms with E-state index in [0.29, 0.717) is 24.9 Å². The average Bonchev–Trinajstić information content (AvgIpc) is 2.80. The van der Waals surface area contributed by atoms with Gasteiger partial charge in [-0.1, -0.05) is 30.7 Å². The van der Waals surface area contributed by atoms with Crippen molar-refractivity contribution in [3.05, 3.63) is 71.0 Å². The molecule has 2 aromatic rings. The Hall–Kier alpha value is -2.73. The van der Waals surface area contributed by atoms with Gasteiger partial charge in [-0.3, -0.25) is 9.59 Å². The first-order valence-corrected chi connectivity index (χ1v) is 12.2. The zero-order valence-electron chi connectivity index (χ0n) is 19.1. The van der Waals surface area contributed by atoms with E-state index in [4.69, 9.17) is 0 Å². The average molecular weight is 452 g/mol. The predicted molar refractivity (Wildman–Crippen MR) is 128 cm³/mol. The van der Waals surface area contributed by atoms with Gasteiger partial charge in [0.05, 0.1) is 0 Å². The molecule has 1 heterocycles. The van der Waals surface area contributed by atoms with Crippen LogP contribution in [0.1, 0.15) is 65.4 Å². The molecule has 1 saturated heterocycles. The number of carbonyl (C=O) groups is 2. The van der Waals surface area contributed by atoms with E-state index in [2.05, 4.69) is 27.7 Å². The maximum atomic E-state index is 13.3. The van der Waals surface area contributed by atoms with Gasteiger partial charge in [-0.05, 0) is 86.0 Å². The van der Waals surface area contributed by atoms with Crippen molar-refractivity contribution in [2.45, 2.75) is 43.9 Å². The predicted octanol–water partition coefficient (Wildman–Crippen LogP) is 4.06. The molecule has 2 fully saturated rings. The Labute approximate surface area is 195 Å². The lowest BCUT2D eigenvalue weighted by atomic mass is 9.80. The number of nitrogens with one attached hydrogen (secondary N) is 2. The Kier molecular flexibility index (Phi) is 8.10. The van der Waals surface area contributed by atoms with E-state index >= 15 is 0 Å². The molecular formula is C27H34FN3O2. The van der Waals surface area contributed by atoms with Crippen LogP contribution >= 0.6 is 0 Å². The molecule has 1 atom stereocenters. The van der Waals surface area contributed by atoms with Gasteiger partial charge in [0, 0.05) is 31.1 Å². The molecule has 2 aliphatic rings. The van der Waals surface area contributed by atoms with Crippen LogP contribution in [0.3, 0.4) is 0 Å². The molecular weight excluding hydrogens is 417 g/mol. The summed E-state index contributed by atoms with van der Waals surface area (Å²) < 4.78 is 13.3. The zero-order chi connectivity index (χ0) is 23.0. The summed E-state index contributed by atoms with van der Waals surface area (Å²) >= 11 is 0. The molecule has 1 saturated carbocycles. The number of halogens is 1. The van der Waals surface area contributed by atoms with Crippen LogP contribution in [0.15, 0.2) is 48.5 Å². The fourth-order valence-corrected chi connectivity index (χ4v) is 5.10. The van der Waals surface area contributed by atoms with E-state index < -0.39 is 0 Å². The normalized spacial score (nSPS) is 18.3. The molecule has 176 valence electrons. The van der Waals surface area contributed by atoms with Crippen LogP contribution in [-0.2, 0) is 4.79 Å². The third-order valence-corrected chi connectivity index (χ3v) is 7.38. The van der Waals surface area contributed by atoms with Crippen LogP contribution in [0.4, 0.5) is 4.39 Å². The number of likely N-dealkylation sites (tertiary alicyclic amines) is 1. The first-order valence-electron chi connectivity index (χ1n) is 12.2. The number of hydrogen-bond acceptors (Lipinski definition) is 3. The van der Waals surface area contributed by atoms with Crippen molar-refractivity contribution in [1.29, 1.82) is 0 Å². The van der Waals surface area contributed by atoms with Crippen molar-refractivity contribution in [3.8, 4) is 0 Å². The Morgan fingerprint density at radius 1 is 1.03 bits per heavy atom. The van der Waals surface area contributed by atoms with E-state index in [1.165, 1.54) is 37.0 Å². The molecule has 2 N–H and O–H groups in total. The van der Waals surface area contributed by atoms with Crippen LogP contribution in [0, 0.1) is 11.7 Å². The molecule has 5 nitrogen and oxygen atoms in total. The lowest BCUT2D eigenvalue weighted by Gasteiger charge is -2.36. The van der Waals surface area contributed by atoms with Crippen LogP contribution in [0.25, 0.3) is 0 Å². The summed E-state index contributed by atoms with van der Waals surface area (Å²) in [4.78, 5) is 25.7. The standard InChI is InChI=1S/C27H34FN3O2/c28-25-10-8-22(9-11-25)26(18-29-19-32)23-12-15-31(16-13-23)17-14-30-27(33)24-6-4-21(5-7-24)20-2-1-3-20/h4-11,19-20,23,26H,1-3,12-18H2,(H,29,32)(H,30,33)/t26-/m0/s1. The van der Waals surface area contributed by atoms with Crippen LogP contribution in [0.2, 0.25) is 0 Å². The quantitative estimate of drug-likeness (QED) is 0.536. The van der Waals surface area contributed by atoms with Gasteiger partial charge in [0.15, 0.2) is 0 Å². The second kappa shape index (κ2) is 11.4. The van der Waals surface area contributed by atoms with E-state index in [-0.39, 0.29) is 17.6 Å². The Morgan fingerprint density at radius 2 is 1.73 bits per heavy atom. The fourth-order valence-electron chi connectivity index (χ4n) is 5.10. The van der Waals surface area contributed by atoms with Gasteiger partial charge in [-0.15, -0.1) is 0 Å². The van der Waals surface area contributed by atoms with Crippen LogP contribution in [-0.4, -0.2) is 49.9 Å². The van der Waals surface area contributed by atoms with E-state index in [1.807, 2.05) is 24.3 Å². The summed E-state index contributed by atoms with van der Waals surface area (Å²) in [6.45, 7) is 3.93. The van der Waals surface area contributed by atoms with Gasteiger partial charge in [0.1, 0.15) is 5.82 Å². The highest BCUT2D eigenvalue weighted by molar-refractivity contribution is 5.94. The van der Waals surface area contributed by atoms with Crippen molar-refractivity contribution in [2.75, 3.05) is 32.7 Å². The summed E-state index contributed by atoms with van der Waals surface area (Å²) in [6.07, 6.45) is 6.60. The highest BCUT2D eigenvalue weighted by Crippen LogP contribution is 2.36. The molecule has 4 rings (SSSR count). The number of piperidine rings is 1. The molecule has 2 aromatic carbocycles. The van der Waals surface area contributed by atoms with Gasteiger partial charge in [0.2, 0.25) is 6.41 Å². The smallest absolute Gasteiger partial charge is 0.251 e. The van der Waals surface area contributed by atoms with Crippen molar-refractivity contribution in [1.82, 2.24) is 15.5 Å². The first kappa shape index (κ1) is 23.4.